The largest absolute Gasteiger partial charge is 0.494 e. The Bertz CT molecular complexity index is 679. The van der Waals surface area contributed by atoms with Crippen molar-refractivity contribution in [2.24, 2.45) is 0 Å². The Morgan fingerprint density at radius 1 is 1.29 bits per heavy atom. The van der Waals surface area contributed by atoms with E-state index in [0.717, 1.165) is 36.3 Å². The molecular formula is C19H22N2O3. The lowest BCUT2D eigenvalue weighted by Gasteiger charge is -2.11. The van der Waals surface area contributed by atoms with Gasteiger partial charge in [-0.1, -0.05) is 12.1 Å². The monoisotopic (exact) mass is 326 g/mol. The molecule has 5 nitrogen and oxygen atoms in total. The molecule has 1 unspecified atom stereocenters. The zero-order valence-electron chi connectivity index (χ0n) is 13.8. The summed E-state index contributed by atoms with van der Waals surface area (Å²) in [5, 5.41) is 2.92. The van der Waals surface area contributed by atoms with E-state index < -0.39 is 0 Å². The maximum absolute atomic E-state index is 12.3. The number of pyridine rings is 1. The molecule has 0 aliphatic carbocycles. The van der Waals surface area contributed by atoms with Crippen LogP contribution in [0.4, 0.5) is 0 Å². The van der Waals surface area contributed by atoms with E-state index >= 15 is 0 Å². The summed E-state index contributed by atoms with van der Waals surface area (Å²) in [5.74, 6) is 0.713. The minimum atomic E-state index is -0.120. The first kappa shape index (κ1) is 16.5. The van der Waals surface area contributed by atoms with Crippen molar-refractivity contribution in [2.45, 2.75) is 25.9 Å². The predicted molar refractivity (Wildman–Crippen MR) is 92.1 cm³/mol. The van der Waals surface area contributed by atoms with E-state index in [9.17, 15) is 4.79 Å². The Morgan fingerprint density at radius 3 is 2.83 bits per heavy atom. The van der Waals surface area contributed by atoms with Gasteiger partial charge in [-0.05, 0) is 43.5 Å². The van der Waals surface area contributed by atoms with E-state index in [-0.39, 0.29) is 12.0 Å². The Hall–Kier alpha value is -2.40. The Morgan fingerprint density at radius 2 is 2.12 bits per heavy atom. The molecule has 0 radical (unpaired) electrons. The minimum Gasteiger partial charge on any atom is -0.494 e. The lowest BCUT2D eigenvalue weighted by molar-refractivity contribution is 0.0857. The van der Waals surface area contributed by atoms with Crippen LogP contribution < -0.4 is 10.1 Å². The SMILES string of the molecule is CCOc1ccc(-c2cncc(C(=O)NCC3CCCO3)c2)cc1. The van der Waals surface area contributed by atoms with Crippen LogP contribution in [0.25, 0.3) is 11.1 Å². The van der Waals surface area contributed by atoms with E-state index in [1.165, 1.54) is 0 Å². The van der Waals surface area contributed by atoms with E-state index in [1.807, 2.05) is 37.3 Å². The summed E-state index contributed by atoms with van der Waals surface area (Å²) in [6.45, 7) is 3.93. The van der Waals surface area contributed by atoms with E-state index in [1.54, 1.807) is 12.4 Å². The van der Waals surface area contributed by atoms with Gasteiger partial charge in [0.05, 0.1) is 18.3 Å². The van der Waals surface area contributed by atoms with Gasteiger partial charge >= 0.3 is 0 Å². The topological polar surface area (TPSA) is 60.5 Å². The molecule has 24 heavy (non-hydrogen) atoms. The number of carbonyl (C=O) groups is 1. The fourth-order valence-electron chi connectivity index (χ4n) is 2.75. The average molecular weight is 326 g/mol. The quantitative estimate of drug-likeness (QED) is 0.886. The van der Waals surface area contributed by atoms with Crippen molar-refractivity contribution in [3.63, 3.8) is 0 Å². The van der Waals surface area contributed by atoms with Gasteiger partial charge in [0.25, 0.3) is 5.91 Å². The molecule has 1 aliphatic heterocycles. The second-order valence-electron chi connectivity index (χ2n) is 5.76. The minimum absolute atomic E-state index is 0.120. The number of nitrogens with zero attached hydrogens (tertiary/aromatic N) is 1. The highest BCUT2D eigenvalue weighted by Gasteiger charge is 2.17. The van der Waals surface area contributed by atoms with Gasteiger partial charge in [-0.25, -0.2) is 0 Å². The Kier molecular flexibility index (Phi) is 5.43. The Balaban J connectivity index is 1.67. The van der Waals surface area contributed by atoms with Gasteiger partial charge in [0, 0.05) is 31.1 Å². The third kappa shape index (κ3) is 4.11. The van der Waals surface area contributed by atoms with Crippen LogP contribution in [-0.4, -0.2) is 36.8 Å². The van der Waals surface area contributed by atoms with Crippen molar-refractivity contribution in [1.82, 2.24) is 10.3 Å². The van der Waals surface area contributed by atoms with Crippen molar-refractivity contribution in [3.8, 4) is 16.9 Å². The molecule has 1 aromatic heterocycles. The maximum atomic E-state index is 12.3. The summed E-state index contributed by atoms with van der Waals surface area (Å²) in [7, 11) is 0. The maximum Gasteiger partial charge on any atom is 0.252 e. The summed E-state index contributed by atoms with van der Waals surface area (Å²) in [6.07, 6.45) is 5.55. The summed E-state index contributed by atoms with van der Waals surface area (Å²) >= 11 is 0. The Labute approximate surface area is 142 Å². The molecule has 126 valence electrons. The first-order chi connectivity index (χ1) is 11.8. The molecule has 1 saturated heterocycles. The van der Waals surface area contributed by atoms with Crippen LogP contribution in [0, 0.1) is 0 Å². The van der Waals surface area contributed by atoms with Crippen LogP contribution in [0.5, 0.6) is 5.75 Å². The standard InChI is InChI=1S/C19H22N2O3/c1-2-23-17-7-5-14(6-8-17)15-10-16(12-20-11-15)19(22)21-13-18-4-3-9-24-18/h5-8,10-12,18H,2-4,9,13H2,1H3,(H,21,22). The van der Waals surface area contributed by atoms with E-state index in [4.69, 9.17) is 9.47 Å². The number of ether oxygens (including phenoxy) is 2. The first-order valence-corrected chi connectivity index (χ1v) is 8.34. The van der Waals surface area contributed by atoms with Gasteiger partial charge in [0.2, 0.25) is 0 Å². The molecule has 3 rings (SSSR count). The second kappa shape index (κ2) is 7.93. The predicted octanol–water partition coefficient (Wildman–Crippen LogP) is 3.06. The number of rotatable bonds is 6. The third-order valence-electron chi connectivity index (χ3n) is 4.01. The molecule has 1 fully saturated rings. The molecule has 0 bridgehead atoms. The normalized spacial score (nSPS) is 16.8. The van der Waals surface area contributed by atoms with Crippen LogP contribution >= 0.6 is 0 Å². The van der Waals surface area contributed by atoms with E-state index in [0.29, 0.717) is 18.7 Å². The first-order valence-electron chi connectivity index (χ1n) is 8.34. The van der Waals surface area contributed by atoms with Gasteiger partial charge in [-0.3, -0.25) is 9.78 Å². The van der Waals surface area contributed by atoms with Gasteiger partial charge in [0.1, 0.15) is 5.75 Å². The number of hydrogen-bond donors (Lipinski definition) is 1. The molecule has 1 atom stereocenters. The van der Waals surface area contributed by atoms with Crippen LogP contribution in [0.3, 0.4) is 0 Å². The molecule has 5 heteroatoms. The van der Waals surface area contributed by atoms with Crippen LogP contribution in [-0.2, 0) is 4.74 Å². The van der Waals surface area contributed by atoms with Gasteiger partial charge in [-0.15, -0.1) is 0 Å². The number of benzene rings is 1. The molecule has 1 N–H and O–H groups in total. The molecule has 2 heterocycles. The summed E-state index contributed by atoms with van der Waals surface area (Å²) in [6, 6.07) is 9.63. The summed E-state index contributed by atoms with van der Waals surface area (Å²) in [4.78, 5) is 16.5. The van der Waals surface area contributed by atoms with Crippen LogP contribution in [0.1, 0.15) is 30.1 Å². The lowest BCUT2D eigenvalue weighted by Crippen LogP contribution is -2.31. The van der Waals surface area contributed by atoms with Crippen molar-refractivity contribution in [1.29, 1.82) is 0 Å². The van der Waals surface area contributed by atoms with Crippen LogP contribution in [0.2, 0.25) is 0 Å². The van der Waals surface area contributed by atoms with Crippen molar-refractivity contribution < 1.29 is 14.3 Å². The molecule has 1 aromatic carbocycles. The zero-order valence-corrected chi connectivity index (χ0v) is 13.8. The molecular weight excluding hydrogens is 304 g/mol. The summed E-state index contributed by atoms with van der Waals surface area (Å²) < 4.78 is 11.0. The molecule has 2 aromatic rings. The second-order valence-corrected chi connectivity index (χ2v) is 5.76. The highest BCUT2D eigenvalue weighted by atomic mass is 16.5. The van der Waals surface area contributed by atoms with Gasteiger partial charge < -0.3 is 14.8 Å². The molecule has 0 spiro atoms. The van der Waals surface area contributed by atoms with Crippen molar-refractivity contribution in [3.05, 3.63) is 48.3 Å². The number of nitrogens with one attached hydrogen (secondary N) is 1. The van der Waals surface area contributed by atoms with Crippen molar-refractivity contribution in [2.75, 3.05) is 19.8 Å². The fraction of sp³-hybridized carbons (Fsp3) is 0.368. The summed E-state index contributed by atoms with van der Waals surface area (Å²) in [5.41, 5.74) is 2.46. The van der Waals surface area contributed by atoms with Gasteiger partial charge in [0.15, 0.2) is 0 Å². The van der Waals surface area contributed by atoms with E-state index in [2.05, 4.69) is 10.3 Å². The molecule has 1 amide bonds. The number of hydrogen-bond acceptors (Lipinski definition) is 4. The highest BCUT2D eigenvalue weighted by Crippen LogP contribution is 2.22. The number of carbonyl (C=O) groups excluding carboxylic acids is 1. The number of amides is 1. The molecule has 1 aliphatic rings. The number of aromatic nitrogens is 1. The lowest BCUT2D eigenvalue weighted by atomic mass is 10.1. The highest BCUT2D eigenvalue weighted by molar-refractivity contribution is 5.95. The fourth-order valence-corrected chi connectivity index (χ4v) is 2.75. The molecule has 0 saturated carbocycles. The smallest absolute Gasteiger partial charge is 0.252 e. The van der Waals surface area contributed by atoms with Crippen LogP contribution in [0.15, 0.2) is 42.7 Å². The average Bonchev–Trinajstić information content (AvgIpc) is 3.14. The van der Waals surface area contributed by atoms with Gasteiger partial charge in [-0.2, -0.15) is 0 Å². The van der Waals surface area contributed by atoms with Crippen molar-refractivity contribution >= 4 is 5.91 Å². The zero-order chi connectivity index (χ0) is 16.8. The third-order valence-corrected chi connectivity index (χ3v) is 4.01.